The molecule has 1 aromatic carbocycles. The summed E-state index contributed by atoms with van der Waals surface area (Å²) in [6.45, 7) is 0.236. The molecule has 0 saturated heterocycles. The third-order valence-corrected chi connectivity index (χ3v) is 2.49. The Kier molecular flexibility index (Phi) is 3.09. The standard InChI is InChI=1S/C12H14N4O/c1-14-12(17)7-16-10-4-5-15-11-6-8(13)2-3-9(10)11/h2-6H,7,13H2,1H3,(H,14,17)(H,15,16). The molecular weight excluding hydrogens is 216 g/mol. The molecule has 2 aromatic rings. The van der Waals surface area contributed by atoms with Crippen LogP contribution in [0.4, 0.5) is 11.4 Å². The molecule has 1 amide bonds. The van der Waals surface area contributed by atoms with Crippen LogP contribution in [0.1, 0.15) is 0 Å². The predicted molar refractivity (Wildman–Crippen MR) is 68.7 cm³/mol. The number of nitrogens with zero attached hydrogens (tertiary/aromatic N) is 1. The topological polar surface area (TPSA) is 80.0 Å². The first-order valence-corrected chi connectivity index (χ1v) is 5.29. The van der Waals surface area contributed by atoms with Crippen LogP contribution in [-0.2, 0) is 4.79 Å². The molecule has 4 N–H and O–H groups in total. The van der Waals surface area contributed by atoms with Gasteiger partial charge in [0.1, 0.15) is 0 Å². The number of likely N-dealkylation sites (N-methyl/N-ethyl adjacent to an activating group) is 1. The van der Waals surface area contributed by atoms with Crippen LogP contribution in [0.25, 0.3) is 10.9 Å². The molecule has 0 fully saturated rings. The SMILES string of the molecule is CNC(=O)CNc1ccnc2cc(N)ccc12. The molecule has 0 spiro atoms. The summed E-state index contributed by atoms with van der Waals surface area (Å²) >= 11 is 0. The summed E-state index contributed by atoms with van der Waals surface area (Å²) in [6.07, 6.45) is 1.69. The van der Waals surface area contributed by atoms with Gasteiger partial charge >= 0.3 is 0 Å². The Morgan fingerprint density at radius 3 is 3.00 bits per heavy atom. The van der Waals surface area contributed by atoms with Crippen LogP contribution in [0, 0.1) is 0 Å². The maximum atomic E-state index is 11.2. The van der Waals surface area contributed by atoms with Crippen LogP contribution in [-0.4, -0.2) is 24.5 Å². The number of amides is 1. The number of hydrogen-bond donors (Lipinski definition) is 3. The van der Waals surface area contributed by atoms with Crippen molar-refractivity contribution in [2.75, 3.05) is 24.6 Å². The average Bonchev–Trinajstić information content (AvgIpc) is 2.35. The van der Waals surface area contributed by atoms with Crippen molar-refractivity contribution in [3.8, 4) is 0 Å². The van der Waals surface area contributed by atoms with Gasteiger partial charge in [-0.1, -0.05) is 0 Å². The fourth-order valence-corrected chi connectivity index (χ4v) is 1.58. The number of nitrogen functional groups attached to an aromatic ring is 1. The van der Waals surface area contributed by atoms with E-state index in [2.05, 4.69) is 15.6 Å². The maximum absolute atomic E-state index is 11.2. The van der Waals surface area contributed by atoms with E-state index in [9.17, 15) is 4.79 Å². The number of carbonyl (C=O) groups is 1. The van der Waals surface area contributed by atoms with Crippen molar-refractivity contribution in [2.24, 2.45) is 0 Å². The molecule has 1 aromatic heterocycles. The molecule has 5 heteroatoms. The van der Waals surface area contributed by atoms with Crippen molar-refractivity contribution in [2.45, 2.75) is 0 Å². The molecule has 0 unspecified atom stereocenters. The number of benzene rings is 1. The maximum Gasteiger partial charge on any atom is 0.239 e. The lowest BCUT2D eigenvalue weighted by molar-refractivity contribution is -0.118. The largest absolute Gasteiger partial charge is 0.399 e. The lowest BCUT2D eigenvalue weighted by atomic mass is 10.1. The minimum atomic E-state index is -0.0644. The molecule has 0 aliphatic rings. The number of anilines is 2. The van der Waals surface area contributed by atoms with E-state index in [-0.39, 0.29) is 12.5 Å². The average molecular weight is 230 g/mol. The van der Waals surface area contributed by atoms with Gasteiger partial charge in [-0.2, -0.15) is 0 Å². The van der Waals surface area contributed by atoms with E-state index in [1.54, 1.807) is 19.3 Å². The molecule has 0 saturated carbocycles. The van der Waals surface area contributed by atoms with Crippen molar-refractivity contribution >= 4 is 28.2 Å². The van der Waals surface area contributed by atoms with Crippen LogP contribution in [0.15, 0.2) is 30.5 Å². The Balaban J connectivity index is 2.31. The Labute approximate surface area is 99.0 Å². The van der Waals surface area contributed by atoms with Crippen LogP contribution in [0.2, 0.25) is 0 Å². The van der Waals surface area contributed by atoms with E-state index < -0.39 is 0 Å². The zero-order valence-corrected chi connectivity index (χ0v) is 9.53. The zero-order valence-electron chi connectivity index (χ0n) is 9.53. The molecule has 0 aliphatic heterocycles. The Hall–Kier alpha value is -2.30. The summed E-state index contributed by atoms with van der Waals surface area (Å²) in [5, 5.41) is 6.57. The molecule has 88 valence electrons. The lowest BCUT2D eigenvalue weighted by Crippen LogP contribution is -2.26. The van der Waals surface area contributed by atoms with Gasteiger partial charge in [-0.15, -0.1) is 0 Å². The van der Waals surface area contributed by atoms with Crippen molar-refractivity contribution < 1.29 is 4.79 Å². The number of nitrogens with two attached hydrogens (primary N) is 1. The highest BCUT2D eigenvalue weighted by molar-refractivity contribution is 5.94. The third kappa shape index (κ3) is 2.44. The van der Waals surface area contributed by atoms with E-state index in [0.717, 1.165) is 16.6 Å². The van der Waals surface area contributed by atoms with Crippen molar-refractivity contribution in [1.82, 2.24) is 10.3 Å². The molecule has 0 bridgehead atoms. The molecule has 5 nitrogen and oxygen atoms in total. The summed E-state index contributed by atoms with van der Waals surface area (Å²) in [4.78, 5) is 15.4. The van der Waals surface area contributed by atoms with Crippen LogP contribution < -0.4 is 16.4 Å². The van der Waals surface area contributed by atoms with E-state index in [1.165, 1.54) is 0 Å². The van der Waals surface area contributed by atoms with Crippen molar-refractivity contribution in [3.05, 3.63) is 30.5 Å². The highest BCUT2D eigenvalue weighted by atomic mass is 16.1. The van der Waals surface area contributed by atoms with Gasteiger partial charge in [-0.3, -0.25) is 9.78 Å². The number of hydrogen-bond acceptors (Lipinski definition) is 4. The minimum absolute atomic E-state index is 0.0644. The summed E-state index contributed by atoms with van der Waals surface area (Å²) < 4.78 is 0. The number of aromatic nitrogens is 1. The molecular formula is C12H14N4O. The minimum Gasteiger partial charge on any atom is -0.399 e. The van der Waals surface area contributed by atoms with Crippen LogP contribution in [0.3, 0.4) is 0 Å². The summed E-state index contributed by atoms with van der Waals surface area (Å²) in [7, 11) is 1.61. The van der Waals surface area contributed by atoms with Gasteiger partial charge in [0.25, 0.3) is 0 Å². The summed E-state index contributed by atoms with van der Waals surface area (Å²) in [5.41, 5.74) is 8.05. The van der Waals surface area contributed by atoms with E-state index in [4.69, 9.17) is 5.73 Å². The van der Waals surface area contributed by atoms with Gasteiger partial charge in [0.2, 0.25) is 5.91 Å². The molecule has 0 radical (unpaired) electrons. The predicted octanol–water partition coefficient (Wildman–Crippen LogP) is 0.975. The summed E-state index contributed by atoms with van der Waals surface area (Å²) in [6, 6.07) is 7.35. The van der Waals surface area contributed by atoms with Crippen LogP contribution >= 0.6 is 0 Å². The normalized spacial score (nSPS) is 10.2. The van der Waals surface area contributed by atoms with Gasteiger partial charge in [-0.25, -0.2) is 0 Å². The van der Waals surface area contributed by atoms with Gasteiger partial charge in [0.15, 0.2) is 0 Å². The molecule has 1 heterocycles. The van der Waals surface area contributed by atoms with Gasteiger partial charge < -0.3 is 16.4 Å². The molecule has 17 heavy (non-hydrogen) atoms. The van der Waals surface area contributed by atoms with Crippen molar-refractivity contribution in [1.29, 1.82) is 0 Å². The number of pyridine rings is 1. The smallest absolute Gasteiger partial charge is 0.239 e. The fourth-order valence-electron chi connectivity index (χ4n) is 1.58. The number of nitrogens with one attached hydrogen (secondary N) is 2. The van der Waals surface area contributed by atoms with E-state index in [0.29, 0.717) is 5.69 Å². The first-order valence-electron chi connectivity index (χ1n) is 5.29. The number of rotatable bonds is 3. The van der Waals surface area contributed by atoms with Gasteiger partial charge in [0, 0.05) is 30.0 Å². The highest BCUT2D eigenvalue weighted by Gasteiger charge is 2.03. The monoisotopic (exact) mass is 230 g/mol. The Morgan fingerprint density at radius 1 is 1.41 bits per heavy atom. The van der Waals surface area contributed by atoms with Gasteiger partial charge in [0.05, 0.1) is 12.1 Å². The van der Waals surface area contributed by atoms with E-state index >= 15 is 0 Å². The number of fused-ring (bicyclic) bond motifs is 1. The number of carbonyl (C=O) groups excluding carboxylic acids is 1. The second kappa shape index (κ2) is 4.69. The second-order valence-corrected chi connectivity index (χ2v) is 3.66. The first-order chi connectivity index (χ1) is 8.20. The molecule has 0 atom stereocenters. The Bertz CT molecular complexity index is 553. The second-order valence-electron chi connectivity index (χ2n) is 3.66. The zero-order chi connectivity index (χ0) is 12.3. The molecule has 0 aliphatic carbocycles. The lowest BCUT2D eigenvalue weighted by Gasteiger charge is -2.08. The molecule has 2 rings (SSSR count). The van der Waals surface area contributed by atoms with Crippen molar-refractivity contribution in [3.63, 3.8) is 0 Å². The van der Waals surface area contributed by atoms with E-state index in [1.807, 2.05) is 18.2 Å². The fraction of sp³-hybridized carbons (Fsp3) is 0.167. The van der Waals surface area contributed by atoms with Gasteiger partial charge in [-0.05, 0) is 24.3 Å². The Morgan fingerprint density at radius 2 is 2.24 bits per heavy atom. The third-order valence-electron chi connectivity index (χ3n) is 2.49. The van der Waals surface area contributed by atoms with Crippen LogP contribution in [0.5, 0.6) is 0 Å². The quantitative estimate of drug-likeness (QED) is 0.686. The first kappa shape index (κ1) is 11.2. The summed E-state index contributed by atoms with van der Waals surface area (Å²) in [5.74, 6) is -0.0644. The highest BCUT2D eigenvalue weighted by Crippen LogP contribution is 2.22.